The second-order valence-electron chi connectivity index (χ2n) is 4.64. The Kier molecular flexibility index (Phi) is 5.48. The quantitative estimate of drug-likeness (QED) is 0.876. The molecule has 110 valence electrons. The maximum Gasteiger partial charge on any atom is 0.224 e. The molecule has 2 aromatic carbocycles. The second-order valence-corrected chi connectivity index (χ2v) is 5.48. The van der Waals surface area contributed by atoms with Gasteiger partial charge in [-0.3, -0.25) is 4.79 Å². The molecule has 0 fully saturated rings. The SMILES string of the molecule is CNC(=O)Cc1ccc(NCc2ccc(Cl)cc2Cl)cc1. The summed E-state index contributed by atoms with van der Waals surface area (Å²) in [5.41, 5.74) is 2.93. The number of hydrogen-bond acceptors (Lipinski definition) is 2. The van der Waals surface area contributed by atoms with Gasteiger partial charge in [0.15, 0.2) is 0 Å². The van der Waals surface area contributed by atoms with Crippen LogP contribution in [0.3, 0.4) is 0 Å². The van der Waals surface area contributed by atoms with Gasteiger partial charge in [-0.05, 0) is 35.4 Å². The first-order valence-electron chi connectivity index (χ1n) is 6.56. The van der Waals surface area contributed by atoms with Gasteiger partial charge in [-0.1, -0.05) is 41.4 Å². The third kappa shape index (κ3) is 4.66. The van der Waals surface area contributed by atoms with E-state index in [2.05, 4.69) is 10.6 Å². The van der Waals surface area contributed by atoms with Crippen molar-refractivity contribution in [3.63, 3.8) is 0 Å². The monoisotopic (exact) mass is 322 g/mol. The molecule has 0 aliphatic rings. The van der Waals surface area contributed by atoms with E-state index in [0.29, 0.717) is 23.0 Å². The van der Waals surface area contributed by atoms with Gasteiger partial charge in [-0.2, -0.15) is 0 Å². The molecule has 0 saturated carbocycles. The fourth-order valence-corrected chi connectivity index (χ4v) is 2.35. The molecule has 2 aromatic rings. The van der Waals surface area contributed by atoms with E-state index >= 15 is 0 Å². The number of anilines is 1. The summed E-state index contributed by atoms with van der Waals surface area (Å²) >= 11 is 12.0. The minimum atomic E-state index is 0.00338. The zero-order valence-corrected chi connectivity index (χ0v) is 13.1. The molecule has 21 heavy (non-hydrogen) atoms. The number of carbonyl (C=O) groups is 1. The van der Waals surface area contributed by atoms with Crippen molar-refractivity contribution in [3.05, 3.63) is 63.6 Å². The van der Waals surface area contributed by atoms with Gasteiger partial charge in [-0.25, -0.2) is 0 Å². The zero-order valence-electron chi connectivity index (χ0n) is 11.6. The van der Waals surface area contributed by atoms with Crippen molar-refractivity contribution >= 4 is 34.8 Å². The van der Waals surface area contributed by atoms with E-state index in [9.17, 15) is 4.79 Å². The van der Waals surface area contributed by atoms with Crippen LogP contribution in [0.15, 0.2) is 42.5 Å². The molecule has 3 nitrogen and oxygen atoms in total. The number of nitrogens with one attached hydrogen (secondary N) is 2. The van der Waals surface area contributed by atoms with Gasteiger partial charge in [0.05, 0.1) is 6.42 Å². The van der Waals surface area contributed by atoms with Crippen molar-refractivity contribution in [1.29, 1.82) is 0 Å². The molecule has 0 saturated heterocycles. The molecule has 0 aliphatic carbocycles. The summed E-state index contributed by atoms with van der Waals surface area (Å²) in [4.78, 5) is 11.3. The molecule has 0 atom stereocenters. The molecule has 5 heteroatoms. The normalized spacial score (nSPS) is 10.2. The fraction of sp³-hybridized carbons (Fsp3) is 0.188. The largest absolute Gasteiger partial charge is 0.381 e. The molecule has 0 heterocycles. The first-order chi connectivity index (χ1) is 10.1. The summed E-state index contributed by atoms with van der Waals surface area (Å²) in [6.45, 7) is 0.616. The van der Waals surface area contributed by atoms with E-state index < -0.39 is 0 Å². The van der Waals surface area contributed by atoms with Crippen LogP contribution in [0, 0.1) is 0 Å². The number of carbonyl (C=O) groups excluding carboxylic acids is 1. The van der Waals surface area contributed by atoms with Gasteiger partial charge in [0.1, 0.15) is 0 Å². The van der Waals surface area contributed by atoms with Gasteiger partial charge in [0.25, 0.3) is 0 Å². The molecule has 0 spiro atoms. The Morgan fingerprint density at radius 2 is 1.81 bits per heavy atom. The number of amides is 1. The summed E-state index contributed by atoms with van der Waals surface area (Å²) in [6, 6.07) is 13.2. The van der Waals surface area contributed by atoms with Gasteiger partial charge in [0, 0.05) is 29.3 Å². The Balaban J connectivity index is 1.96. The highest BCUT2D eigenvalue weighted by Gasteiger charge is 2.03. The second kappa shape index (κ2) is 7.34. The summed E-state index contributed by atoms with van der Waals surface area (Å²) in [5, 5.41) is 7.16. The smallest absolute Gasteiger partial charge is 0.224 e. The molecule has 2 rings (SSSR count). The van der Waals surface area contributed by atoms with Crippen molar-refractivity contribution in [3.8, 4) is 0 Å². The third-order valence-electron chi connectivity index (χ3n) is 3.10. The number of halogens is 2. The maximum atomic E-state index is 11.3. The van der Waals surface area contributed by atoms with Gasteiger partial charge >= 0.3 is 0 Å². The van der Waals surface area contributed by atoms with Crippen molar-refractivity contribution in [2.24, 2.45) is 0 Å². The van der Waals surface area contributed by atoms with E-state index in [1.165, 1.54) is 0 Å². The minimum Gasteiger partial charge on any atom is -0.381 e. The molecule has 0 bridgehead atoms. The number of rotatable bonds is 5. The lowest BCUT2D eigenvalue weighted by atomic mass is 10.1. The van der Waals surface area contributed by atoms with Crippen molar-refractivity contribution in [2.75, 3.05) is 12.4 Å². The maximum absolute atomic E-state index is 11.3. The lowest BCUT2D eigenvalue weighted by Crippen LogP contribution is -2.19. The average Bonchev–Trinajstić information content (AvgIpc) is 2.48. The topological polar surface area (TPSA) is 41.1 Å². The summed E-state index contributed by atoms with van der Waals surface area (Å²) in [7, 11) is 1.63. The predicted molar refractivity (Wildman–Crippen MR) is 88.0 cm³/mol. The zero-order chi connectivity index (χ0) is 15.2. The van der Waals surface area contributed by atoms with E-state index in [1.807, 2.05) is 36.4 Å². The van der Waals surface area contributed by atoms with Crippen LogP contribution in [0.4, 0.5) is 5.69 Å². The lowest BCUT2D eigenvalue weighted by molar-refractivity contribution is -0.119. The lowest BCUT2D eigenvalue weighted by Gasteiger charge is -2.09. The Hall–Kier alpha value is -1.71. The van der Waals surface area contributed by atoms with E-state index in [-0.39, 0.29) is 5.91 Å². The van der Waals surface area contributed by atoms with Gasteiger partial charge in [0.2, 0.25) is 5.91 Å². The highest BCUT2D eigenvalue weighted by Crippen LogP contribution is 2.22. The first kappa shape index (κ1) is 15.7. The van der Waals surface area contributed by atoms with Crippen molar-refractivity contribution in [2.45, 2.75) is 13.0 Å². The Morgan fingerprint density at radius 1 is 1.10 bits per heavy atom. The number of benzene rings is 2. The van der Waals surface area contributed by atoms with Crippen LogP contribution in [0.25, 0.3) is 0 Å². The third-order valence-corrected chi connectivity index (χ3v) is 3.68. The minimum absolute atomic E-state index is 0.00338. The standard InChI is InChI=1S/C16H16Cl2N2O/c1-19-16(21)8-11-2-6-14(7-3-11)20-10-12-4-5-13(17)9-15(12)18/h2-7,9,20H,8,10H2,1H3,(H,19,21). The molecule has 0 aromatic heterocycles. The summed E-state index contributed by atoms with van der Waals surface area (Å²) < 4.78 is 0. The van der Waals surface area contributed by atoms with Gasteiger partial charge in [-0.15, -0.1) is 0 Å². The highest BCUT2D eigenvalue weighted by molar-refractivity contribution is 6.35. The van der Waals surface area contributed by atoms with Crippen LogP contribution < -0.4 is 10.6 Å². The molecule has 2 N–H and O–H groups in total. The fourth-order valence-electron chi connectivity index (χ4n) is 1.88. The number of hydrogen-bond donors (Lipinski definition) is 2. The van der Waals surface area contributed by atoms with Crippen molar-refractivity contribution < 1.29 is 4.79 Å². The van der Waals surface area contributed by atoms with Crippen LogP contribution in [0.2, 0.25) is 10.0 Å². The molecule has 0 unspecified atom stereocenters. The first-order valence-corrected chi connectivity index (χ1v) is 7.31. The molecular formula is C16H16Cl2N2O. The summed E-state index contributed by atoms with van der Waals surface area (Å²) in [6.07, 6.45) is 0.389. The average molecular weight is 323 g/mol. The molecule has 0 aliphatic heterocycles. The van der Waals surface area contributed by atoms with E-state index in [4.69, 9.17) is 23.2 Å². The Morgan fingerprint density at radius 3 is 2.43 bits per heavy atom. The molecule has 1 amide bonds. The van der Waals surface area contributed by atoms with Crippen LogP contribution in [0.1, 0.15) is 11.1 Å². The van der Waals surface area contributed by atoms with Gasteiger partial charge < -0.3 is 10.6 Å². The van der Waals surface area contributed by atoms with E-state index in [0.717, 1.165) is 16.8 Å². The Bertz CT molecular complexity index is 627. The van der Waals surface area contributed by atoms with Crippen LogP contribution in [-0.4, -0.2) is 13.0 Å². The number of likely N-dealkylation sites (N-methyl/N-ethyl adjacent to an activating group) is 1. The van der Waals surface area contributed by atoms with Crippen LogP contribution in [0.5, 0.6) is 0 Å². The Labute approximate surface area is 134 Å². The van der Waals surface area contributed by atoms with Crippen molar-refractivity contribution in [1.82, 2.24) is 5.32 Å². The summed E-state index contributed by atoms with van der Waals surface area (Å²) in [5.74, 6) is 0.00338. The molecular weight excluding hydrogens is 307 g/mol. The molecule has 0 radical (unpaired) electrons. The highest BCUT2D eigenvalue weighted by atomic mass is 35.5. The van der Waals surface area contributed by atoms with Crippen LogP contribution in [-0.2, 0) is 17.8 Å². The van der Waals surface area contributed by atoms with Crippen LogP contribution >= 0.6 is 23.2 Å². The predicted octanol–water partition coefficient (Wildman–Crippen LogP) is 3.89. The van der Waals surface area contributed by atoms with E-state index in [1.54, 1.807) is 13.1 Å².